The zero-order valence-electron chi connectivity index (χ0n) is 13.1. The second-order valence-corrected chi connectivity index (χ2v) is 7.39. The van der Waals surface area contributed by atoms with Gasteiger partial charge in [-0.2, -0.15) is 0 Å². The van der Waals surface area contributed by atoms with Crippen LogP contribution in [0.15, 0.2) is 11.8 Å². The maximum Gasteiger partial charge on any atom is 0.178 e. The first kappa shape index (κ1) is 16.3. The van der Waals surface area contributed by atoms with Gasteiger partial charge in [-0.3, -0.25) is 0 Å². The average molecular weight is 388 g/mol. The number of halogens is 1. The Morgan fingerprint density at radius 2 is 1.60 bits per heavy atom. The summed E-state index contributed by atoms with van der Waals surface area (Å²) in [6.07, 6.45) is 12.0. The average Bonchev–Trinajstić information content (AvgIpc) is 2.92. The molecule has 2 saturated heterocycles. The number of piperidine rings is 1. The Kier molecular flexibility index (Phi) is 5.55. The van der Waals surface area contributed by atoms with E-state index in [1.54, 1.807) is 11.4 Å². The van der Waals surface area contributed by atoms with Crippen LogP contribution < -0.4 is 24.0 Å². The maximum absolute atomic E-state index is 2.67. The van der Waals surface area contributed by atoms with Crippen LogP contribution in [0.1, 0.15) is 58.8 Å². The van der Waals surface area contributed by atoms with Crippen LogP contribution in [0.3, 0.4) is 0 Å². The van der Waals surface area contributed by atoms with Crippen LogP contribution in [-0.4, -0.2) is 41.4 Å². The second-order valence-electron chi connectivity index (χ2n) is 7.39. The quantitative estimate of drug-likeness (QED) is 0.467. The predicted molar refractivity (Wildman–Crippen MR) is 80.8 cm³/mol. The van der Waals surface area contributed by atoms with Gasteiger partial charge in [0.2, 0.25) is 0 Å². The molecule has 2 heterocycles. The zero-order valence-corrected chi connectivity index (χ0v) is 15.3. The molecule has 114 valence electrons. The summed E-state index contributed by atoms with van der Waals surface area (Å²) in [5.41, 5.74) is 3.69. The van der Waals surface area contributed by atoms with Gasteiger partial charge in [0.15, 0.2) is 5.71 Å². The van der Waals surface area contributed by atoms with Crippen molar-refractivity contribution in [3.63, 3.8) is 0 Å². The minimum Gasteiger partial charge on any atom is -1.00 e. The lowest BCUT2D eigenvalue weighted by Crippen LogP contribution is -3.00. The molecule has 0 aromatic heterocycles. The predicted octanol–water partition coefficient (Wildman–Crippen LogP) is 0.428. The molecule has 0 unspecified atom stereocenters. The molecule has 0 aromatic rings. The fourth-order valence-electron chi connectivity index (χ4n) is 3.93. The molecule has 0 atom stereocenters. The number of likely N-dealkylation sites (tertiary alicyclic amines) is 1. The monoisotopic (exact) mass is 388 g/mol. The van der Waals surface area contributed by atoms with Crippen LogP contribution in [0.25, 0.3) is 0 Å². The molecule has 3 heteroatoms. The highest BCUT2D eigenvalue weighted by Gasteiger charge is 2.33. The van der Waals surface area contributed by atoms with E-state index in [9.17, 15) is 0 Å². The van der Waals surface area contributed by atoms with Crippen LogP contribution in [0.4, 0.5) is 0 Å². The van der Waals surface area contributed by atoms with Gasteiger partial charge in [-0.05, 0) is 31.1 Å². The van der Waals surface area contributed by atoms with E-state index in [1.807, 2.05) is 0 Å². The summed E-state index contributed by atoms with van der Waals surface area (Å²) in [6, 6.07) is 0. The summed E-state index contributed by atoms with van der Waals surface area (Å²) >= 11 is 0. The summed E-state index contributed by atoms with van der Waals surface area (Å²) < 4.78 is 2.67. The fourth-order valence-corrected chi connectivity index (χ4v) is 3.93. The van der Waals surface area contributed by atoms with Gasteiger partial charge in [-0.25, -0.2) is 4.58 Å². The van der Waals surface area contributed by atoms with Crippen molar-refractivity contribution in [2.45, 2.75) is 58.8 Å². The SMILES string of the molecule is CC1(C)CC(N2CCCC2)=CC(=[N+]2CCCCC2)C1.[I-]. The Hall–Kier alpha value is -0.0600. The first-order valence-electron chi connectivity index (χ1n) is 8.20. The molecule has 0 aromatic carbocycles. The second kappa shape index (κ2) is 6.80. The summed E-state index contributed by atoms with van der Waals surface area (Å²) in [4.78, 5) is 2.64. The molecule has 2 nitrogen and oxygen atoms in total. The van der Waals surface area contributed by atoms with E-state index in [0.717, 1.165) is 0 Å². The Morgan fingerprint density at radius 3 is 2.25 bits per heavy atom. The van der Waals surface area contributed by atoms with Gasteiger partial charge in [0.05, 0.1) is 0 Å². The lowest BCUT2D eigenvalue weighted by molar-refractivity contribution is -0.538. The largest absolute Gasteiger partial charge is 1.00 e. The van der Waals surface area contributed by atoms with Crippen molar-refractivity contribution in [3.8, 4) is 0 Å². The van der Waals surface area contributed by atoms with Crippen LogP contribution >= 0.6 is 0 Å². The number of hydrogen-bond acceptors (Lipinski definition) is 1. The lowest BCUT2D eigenvalue weighted by Gasteiger charge is -2.34. The minimum atomic E-state index is 0. The number of hydrogen-bond donors (Lipinski definition) is 0. The van der Waals surface area contributed by atoms with Crippen molar-refractivity contribution in [1.29, 1.82) is 0 Å². The molecule has 0 N–H and O–H groups in total. The third kappa shape index (κ3) is 3.77. The van der Waals surface area contributed by atoms with Gasteiger partial charge in [-0.15, -0.1) is 0 Å². The highest BCUT2D eigenvalue weighted by Crippen LogP contribution is 2.36. The molecule has 3 rings (SSSR count). The molecular weight excluding hydrogens is 359 g/mol. The smallest absolute Gasteiger partial charge is 0.178 e. The lowest BCUT2D eigenvalue weighted by atomic mass is 9.78. The van der Waals surface area contributed by atoms with Gasteiger partial charge < -0.3 is 28.9 Å². The van der Waals surface area contributed by atoms with Gasteiger partial charge in [-0.1, -0.05) is 13.8 Å². The number of rotatable bonds is 1. The molecule has 20 heavy (non-hydrogen) atoms. The van der Waals surface area contributed by atoms with Crippen LogP contribution in [0, 0.1) is 5.41 Å². The number of nitrogens with zero attached hydrogens (tertiary/aromatic N) is 2. The molecule has 0 amide bonds. The number of allylic oxidation sites excluding steroid dienone is 2. The summed E-state index contributed by atoms with van der Waals surface area (Å²) in [5.74, 6) is 0. The molecule has 0 spiro atoms. The van der Waals surface area contributed by atoms with E-state index in [2.05, 4.69) is 29.4 Å². The third-order valence-electron chi connectivity index (χ3n) is 4.93. The van der Waals surface area contributed by atoms with Gasteiger partial charge >= 0.3 is 0 Å². The van der Waals surface area contributed by atoms with Crippen molar-refractivity contribution < 1.29 is 28.6 Å². The van der Waals surface area contributed by atoms with Crippen molar-refractivity contribution in [2.24, 2.45) is 5.41 Å². The molecule has 1 aliphatic carbocycles. The molecule has 2 fully saturated rings. The molecule has 2 aliphatic heterocycles. The van der Waals surface area contributed by atoms with Gasteiger partial charge in [0.1, 0.15) is 13.1 Å². The van der Waals surface area contributed by atoms with E-state index in [0.29, 0.717) is 5.41 Å². The highest BCUT2D eigenvalue weighted by atomic mass is 127. The van der Waals surface area contributed by atoms with Crippen molar-refractivity contribution in [2.75, 3.05) is 26.2 Å². The van der Waals surface area contributed by atoms with Crippen LogP contribution in [-0.2, 0) is 0 Å². The van der Waals surface area contributed by atoms with E-state index in [1.165, 1.54) is 71.1 Å². The van der Waals surface area contributed by atoms with Gasteiger partial charge in [0.25, 0.3) is 0 Å². The van der Waals surface area contributed by atoms with Crippen molar-refractivity contribution in [3.05, 3.63) is 11.8 Å². The topological polar surface area (TPSA) is 6.25 Å². The maximum atomic E-state index is 2.67. The fraction of sp³-hybridized carbons (Fsp3) is 0.824. The van der Waals surface area contributed by atoms with Crippen molar-refractivity contribution in [1.82, 2.24) is 4.90 Å². The molecule has 3 aliphatic rings. The van der Waals surface area contributed by atoms with E-state index < -0.39 is 0 Å². The first-order chi connectivity index (χ1) is 9.14. The van der Waals surface area contributed by atoms with E-state index in [4.69, 9.17) is 0 Å². The Balaban J connectivity index is 0.00000147. The van der Waals surface area contributed by atoms with Gasteiger partial charge in [0, 0.05) is 44.1 Å². The summed E-state index contributed by atoms with van der Waals surface area (Å²) in [5, 5.41) is 0. The Bertz CT molecular complexity index is 395. The van der Waals surface area contributed by atoms with E-state index in [-0.39, 0.29) is 24.0 Å². The molecule has 0 bridgehead atoms. The summed E-state index contributed by atoms with van der Waals surface area (Å²) in [6.45, 7) is 10.0. The highest BCUT2D eigenvalue weighted by molar-refractivity contribution is 5.92. The summed E-state index contributed by atoms with van der Waals surface area (Å²) in [7, 11) is 0. The van der Waals surface area contributed by atoms with Crippen molar-refractivity contribution >= 4 is 5.71 Å². The standard InChI is InChI=1S/C17H29N2.HI/c1-17(2)13-15(18-8-4-3-5-9-18)12-16(14-17)19-10-6-7-11-19;/h12H,3-11,13-14H2,1-2H3;1H/q+1;/p-1. The van der Waals surface area contributed by atoms with Crippen LogP contribution in [0.2, 0.25) is 0 Å². The molecular formula is C17H29IN2. The first-order valence-corrected chi connectivity index (χ1v) is 8.20. The Morgan fingerprint density at radius 1 is 0.950 bits per heavy atom. The molecule has 0 saturated carbocycles. The zero-order chi connectivity index (χ0) is 13.3. The third-order valence-corrected chi connectivity index (χ3v) is 4.93. The van der Waals surface area contributed by atoms with E-state index >= 15 is 0 Å². The minimum absolute atomic E-state index is 0. The molecule has 0 radical (unpaired) electrons. The normalized spacial score (nSPS) is 26.3. The van der Waals surface area contributed by atoms with Crippen LogP contribution in [0.5, 0.6) is 0 Å². The Labute approximate surface area is 141 Å².